The number of hydrogen-bond donors (Lipinski definition) is 2. The second kappa shape index (κ2) is 8.16. The second-order valence-corrected chi connectivity index (χ2v) is 7.90. The molecule has 2 aromatic carbocycles. The Morgan fingerprint density at radius 2 is 2.03 bits per heavy atom. The lowest BCUT2D eigenvalue weighted by atomic mass is 10.0. The Balaban J connectivity index is 1.38. The number of halogens is 2. The molecule has 1 saturated heterocycles. The monoisotopic (exact) mass is 450 g/mol. The number of aromatic nitrogens is 3. The van der Waals surface area contributed by atoms with E-state index in [0.29, 0.717) is 16.8 Å². The first-order valence-corrected chi connectivity index (χ1v) is 10.4. The molecule has 0 aliphatic carbocycles. The normalized spacial score (nSPS) is 17.8. The van der Waals surface area contributed by atoms with Gasteiger partial charge in [-0.2, -0.15) is 0 Å². The van der Waals surface area contributed by atoms with Crippen molar-refractivity contribution in [1.29, 1.82) is 0 Å². The first-order valence-electron chi connectivity index (χ1n) is 10.4. The Morgan fingerprint density at radius 3 is 2.85 bits per heavy atom. The van der Waals surface area contributed by atoms with Gasteiger partial charge in [0.2, 0.25) is 5.88 Å². The number of nitrogens with zero attached hydrogens (tertiary/aromatic N) is 3. The van der Waals surface area contributed by atoms with E-state index >= 15 is 0 Å². The fourth-order valence-corrected chi connectivity index (χ4v) is 3.89. The predicted octanol–water partition coefficient (Wildman–Crippen LogP) is 4.26. The van der Waals surface area contributed by atoms with Crippen LogP contribution in [-0.4, -0.2) is 56.0 Å². The summed E-state index contributed by atoms with van der Waals surface area (Å²) in [7, 11) is 0. The lowest BCUT2D eigenvalue weighted by Crippen LogP contribution is -2.55. The molecule has 0 saturated carbocycles. The van der Waals surface area contributed by atoms with Gasteiger partial charge in [0.25, 0.3) is 11.8 Å². The highest BCUT2D eigenvalue weighted by molar-refractivity contribution is 5.98. The van der Waals surface area contributed by atoms with Gasteiger partial charge in [0, 0.05) is 36.2 Å². The Bertz CT molecular complexity index is 1310. The fraction of sp³-hybridized carbons (Fsp3) is 0.208. The van der Waals surface area contributed by atoms with Crippen LogP contribution in [0.25, 0.3) is 22.2 Å². The number of fused-ring (bicyclic) bond motifs is 1. The fourth-order valence-electron chi connectivity index (χ4n) is 3.89. The van der Waals surface area contributed by atoms with Crippen LogP contribution in [-0.2, 0) is 0 Å². The smallest absolute Gasteiger partial charge is 0.287 e. The summed E-state index contributed by atoms with van der Waals surface area (Å²) in [5.41, 5.74) is 1.86. The number of hydrogen-bond acceptors (Lipinski definition) is 5. The van der Waals surface area contributed by atoms with Gasteiger partial charge < -0.3 is 19.7 Å². The average molecular weight is 450 g/mol. The van der Waals surface area contributed by atoms with Gasteiger partial charge in [-0.3, -0.25) is 4.79 Å². The molecule has 2 N–H and O–H groups in total. The zero-order valence-corrected chi connectivity index (χ0v) is 17.4. The van der Waals surface area contributed by atoms with Crippen molar-refractivity contribution in [2.24, 2.45) is 0 Å². The summed E-state index contributed by atoms with van der Waals surface area (Å²) in [6.07, 6.45) is 1.03. The van der Waals surface area contributed by atoms with Crippen LogP contribution in [0.2, 0.25) is 0 Å². The Kier molecular flexibility index (Phi) is 5.16. The molecule has 1 atom stereocenters. The minimum atomic E-state index is -3.14. The largest absolute Gasteiger partial charge is 0.507 e. The van der Waals surface area contributed by atoms with Crippen molar-refractivity contribution in [1.82, 2.24) is 19.9 Å². The zero-order valence-electron chi connectivity index (χ0n) is 17.4. The van der Waals surface area contributed by atoms with Crippen molar-refractivity contribution >= 4 is 16.8 Å². The molecule has 1 aliphatic rings. The number of aromatic hydroxyl groups is 1. The van der Waals surface area contributed by atoms with Crippen LogP contribution in [0.4, 0.5) is 8.78 Å². The Morgan fingerprint density at radius 1 is 1.18 bits per heavy atom. The van der Waals surface area contributed by atoms with Crippen LogP contribution in [0.3, 0.4) is 0 Å². The number of piperidine rings is 1. The van der Waals surface area contributed by atoms with Crippen molar-refractivity contribution in [2.45, 2.75) is 18.4 Å². The summed E-state index contributed by atoms with van der Waals surface area (Å²) < 4.78 is 34.9. The minimum absolute atomic E-state index is 0.0169. The van der Waals surface area contributed by atoms with Gasteiger partial charge in [-0.25, -0.2) is 18.7 Å². The molecule has 33 heavy (non-hydrogen) atoms. The van der Waals surface area contributed by atoms with Crippen molar-refractivity contribution in [3.05, 3.63) is 72.7 Å². The molecule has 3 heterocycles. The zero-order chi connectivity index (χ0) is 23.0. The number of H-pyrrole nitrogens is 1. The molecule has 1 aliphatic heterocycles. The number of ether oxygens (including phenoxy) is 1. The summed E-state index contributed by atoms with van der Waals surface area (Å²) in [5.74, 6) is -3.86. The van der Waals surface area contributed by atoms with E-state index in [0.717, 1.165) is 5.39 Å². The Labute approximate surface area is 187 Å². The number of likely N-dealkylation sites (tertiary alicyclic amines) is 1. The van der Waals surface area contributed by atoms with E-state index in [2.05, 4.69) is 15.0 Å². The summed E-state index contributed by atoms with van der Waals surface area (Å²) in [6.45, 7) is -0.505. The molecule has 0 radical (unpaired) electrons. The quantitative estimate of drug-likeness (QED) is 0.485. The molecule has 1 unspecified atom stereocenters. The first kappa shape index (κ1) is 20.9. The highest BCUT2D eigenvalue weighted by Crippen LogP contribution is 2.34. The summed E-state index contributed by atoms with van der Waals surface area (Å²) in [6, 6.07) is 15.1. The third kappa shape index (κ3) is 4.09. The van der Waals surface area contributed by atoms with Gasteiger partial charge in [0.1, 0.15) is 5.75 Å². The number of benzene rings is 2. The van der Waals surface area contributed by atoms with Crippen molar-refractivity contribution in [2.75, 3.05) is 13.1 Å². The van der Waals surface area contributed by atoms with Crippen molar-refractivity contribution in [3.8, 4) is 22.9 Å². The molecule has 7 nitrogen and oxygen atoms in total. The molecule has 1 fully saturated rings. The van der Waals surface area contributed by atoms with Gasteiger partial charge in [0.15, 0.2) is 6.10 Å². The van der Waals surface area contributed by atoms with E-state index in [1.807, 2.05) is 12.1 Å². The second-order valence-electron chi connectivity index (χ2n) is 7.90. The third-order valence-electron chi connectivity index (χ3n) is 5.72. The average Bonchev–Trinajstić information content (AvgIpc) is 3.35. The maximum atomic E-state index is 14.7. The molecule has 9 heteroatoms. The van der Waals surface area contributed by atoms with Gasteiger partial charge in [-0.05, 0) is 30.3 Å². The number of aromatic amines is 1. The van der Waals surface area contributed by atoms with Crippen LogP contribution in [0.5, 0.6) is 11.6 Å². The number of nitrogens with one attached hydrogen (secondary N) is 1. The van der Waals surface area contributed by atoms with Gasteiger partial charge >= 0.3 is 0 Å². The predicted molar refractivity (Wildman–Crippen MR) is 117 cm³/mol. The number of alkyl halides is 2. The Hall–Kier alpha value is -4.01. The van der Waals surface area contributed by atoms with E-state index < -0.39 is 24.4 Å². The van der Waals surface area contributed by atoms with E-state index in [1.165, 1.54) is 23.4 Å². The molecule has 4 aromatic rings. The first-order chi connectivity index (χ1) is 15.9. The number of carbonyl (C=O) groups is 1. The van der Waals surface area contributed by atoms with Gasteiger partial charge in [-0.1, -0.05) is 18.2 Å². The summed E-state index contributed by atoms with van der Waals surface area (Å²) in [4.78, 5) is 25.7. The number of amides is 1. The standard InChI is InChI=1S/C24H20F2N4O3/c25-24(26)9-10-30(13-21(24)33-22-8-6-15-3-1-2-4-18(15)29-22)23(32)17-11-16(5-7-20(17)31)19-12-27-14-28-19/h1-8,11-12,14,21,31H,9-10,13H2,(H,27,28). The lowest BCUT2D eigenvalue weighted by molar-refractivity contribution is -0.131. The topological polar surface area (TPSA) is 91.3 Å². The molecular weight excluding hydrogens is 430 g/mol. The van der Waals surface area contributed by atoms with Gasteiger partial charge in [0.05, 0.1) is 29.6 Å². The van der Waals surface area contributed by atoms with Crippen LogP contribution in [0.1, 0.15) is 16.8 Å². The molecule has 0 spiro atoms. The molecule has 168 valence electrons. The number of imidazole rings is 1. The lowest BCUT2D eigenvalue weighted by Gasteiger charge is -2.38. The highest BCUT2D eigenvalue weighted by Gasteiger charge is 2.47. The highest BCUT2D eigenvalue weighted by atomic mass is 19.3. The molecule has 1 amide bonds. The van der Waals surface area contributed by atoms with E-state index in [9.17, 15) is 18.7 Å². The number of phenolic OH excluding ortho intramolecular Hbond substituents is 1. The van der Waals surface area contributed by atoms with Crippen LogP contribution < -0.4 is 4.74 Å². The molecule has 2 aromatic heterocycles. The van der Waals surface area contributed by atoms with E-state index in [4.69, 9.17) is 4.74 Å². The maximum absolute atomic E-state index is 14.7. The number of rotatable bonds is 4. The summed E-state index contributed by atoms with van der Waals surface area (Å²) in [5, 5.41) is 11.1. The van der Waals surface area contributed by atoms with E-state index in [-0.39, 0.29) is 30.3 Å². The van der Waals surface area contributed by atoms with Crippen LogP contribution >= 0.6 is 0 Å². The van der Waals surface area contributed by atoms with E-state index in [1.54, 1.807) is 36.5 Å². The molecule has 0 bridgehead atoms. The minimum Gasteiger partial charge on any atom is -0.507 e. The SMILES string of the molecule is O=C(c1cc(-c2c[nH]cn2)ccc1O)N1CCC(F)(F)C(Oc2ccc3ccccc3n2)C1. The maximum Gasteiger partial charge on any atom is 0.287 e. The number of pyridine rings is 1. The molecule has 5 rings (SSSR count). The van der Waals surface area contributed by atoms with Crippen LogP contribution in [0, 0.1) is 0 Å². The van der Waals surface area contributed by atoms with Crippen molar-refractivity contribution < 1.29 is 23.4 Å². The van der Waals surface area contributed by atoms with Crippen molar-refractivity contribution in [3.63, 3.8) is 0 Å². The third-order valence-corrected chi connectivity index (χ3v) is 5.72. The molecular formula is C24H20F2N4O3. The number of para-hydroxylation sites is 1. The summed E-state index contributed by atoms with van der Waals surface area (Å²) >= 11 is 0. The number of carbonyl (C=O) groups excluding carboxylic acids is 1. The number of phenols is 1. The van der Waals surface area contributed by atoms with Gasteiger partial charge in [-0.15, -0.1) is 0 Å². The van der Waals surface area contributed by atoms with Crippen LogP contribution in [0.15, 0.2) is 67.1 Å².